The highest BCUT2D eigenvalue weighted by molar-refractivity contribution is 7.07. The van der Waals surface area contributed by atoms with Crippen LogP contribution in [0.1, 0.15) is 24.1 Å². The molecule has 0 bridgehead atoms. The van der Waals surface area contributed by atoms with Gasteiger partial charge in [-0.2, -0.15) is 0 Å². The fraction of sp³-hybridized carbons (Fsp3) is 0.167. The van der Waals surface area contributed by atoms with Crippen molar-refractivity contribution in [3.8, 4) is 17.2 Å². The second-order valence-electron chi connectivity index (χ2n) is 8.91. The van der Waals surface area contributed by atoms with E-state index in [9.17, 15) is 9.59 Å². The molecule has 0 aliphatic carbocycles. The van der Waals surface area contributed by atoms with Gasteiger partial charge in [0.2, 0.25) is 0 Å². The Labute approximate surface area is 239 Å². The Morgan fingerprint density at radius 1 is 1.02 bits per heavy atom. The normalized spacial score (nSPS) is 14.8. The van der Waals surface area contributed by atoms with Gasteiger partial charge in [0.05, 0.1) is 48.2 Å². The van der Waals surface area contributed by atoms with E-state index in [0.29, 0.717) is 54.1 Å². The van der Waals surface area contributed by atoms with Gasteiger partial charge >= 0.3 is 0 Å². The average molecular weight is 576 g/mol. The highest BCUT2D eigenvalue weighted by Crippen LogP contribution is 2.36. The quantitative estimate of drug-likeness (QED) is 0.349. The molecule has 1 aliphatic heterocycles. The molecule has 204 valence electrons. The molecule has 0 saturated heterocycles. The van der Waals surface area contributed by atoms with Crippen LogP contribution in [0, 0.1) is 0 Å². The number of allylic oxidation sites excluding steroid dienone is 1. The smallest absolute Gasteiger partial charge is 0.271 e. The second kappa shape index (κ2) is 11.4. The second-order valence-corrected chi connectivity index (χ2v) is 10.3. The molecule has 0 radical (unpaired) electrons. The molecule has 1 aliphatic rings. The summed E-state index contributed by atoms with van der Waals surface area (Å²) in [6, 6.07) is 19.2. The van der Waals surface area contributed by atoms with Crippen LogP contribution in [0.3, 0.4) is 0 Å². The number of nitrogens with zero attached hydrogens (tertiary/aromatic N) is 2. The maximum Gasteiger partial charge on any atom is 0.271 e. The SMILES string of the molecule is COc1ccc([C@H]2C(C(=O)Nc3ccccc3)=C(C)N=c3s/c(=C\c4cc(Cl)c(OC)c(OC)c4)c(=O)n32)cc1. The summed E-state index contributed by atoms with van der Waals surface area (Å²) in [5.41, 5.74) is 2.66. The van der Waals surface area contributed by atoms with Crippen LogP contribution in [-0.4, -0.2) is 31.8 Å². The topological polar surface area (TPSA) is 91.2 Å². The Morgan fingerprint density at radius 2 is 1.75 bits per heavy atom. The van der Waals surface area contributed by atoms with Crippen molar-refractivity contribution >= 4 is 40.6 Å². The Bertz CT molecular complexity index is 1790. The van der Waals surface area contributed by atoms with Crippen LogP contribution in [0.2, 0.25) is 5.02 Å². The monoisotopic (exact) mass is 575 g/mol. The molecule has 4 aromatic rings. The zero-order chi connectivity index (χ0) is 28.4. The summed E-state index contributed by atoms with van der Waals surface area (Å²) in [7, 11) is 4.61. The molecule has 0 unspecified atom stereocenters. The van der Waals surface area contributed by atoms with Gasteiger partial charge < -0.3 is 19.5 Å². The third-order valence-electron chi connectivity index (χ3n) is 6.48. The highest BCUT2D eigenvalue weighted by Gasteiger charge is 2.32. The minimum Gasteiger partial charge on any atom is -0.497 e. The van der Waals surface area contributed by atoms with Crippen molar-refractivity contribution in [3.63, 3.8) is 0 Å². The number of halogens is 1. The van der Waals surface area contributed by atoms with Crippen LogP contribution in [-0.2, 0) is 4.79 Å². The van der Waals surface area contributed by atoms with Crippen LogP contribution in [0.25, 0.3) is 6.08 Å². The molecule has 1 aromatic heterocycles. The molecule has 8 nitrogen and oxygen atoms in total. The Morgan fingerprint density at radius 3 is 2.40 bits per heavy atom. The number of fused-ring (bicyclic) bond motifs is 1. The molecule has 0 spiro atoms. The first-order chi connectivity index (χ1) is 19.3. The van der Waals surface area contributed by atoms with Gasteiger partial charge in [0.25, 0.3) is 11.5 Å². The largest absolute Gasteiger partial charge is 0.497 e. The first-order valence-electron chi connectivity index (χ1n) is 12.3. The van der Waals surface area contributed by atoms with Gasteiger partial charge in [-0.25, -0.2) is 4.99 Å². The van der Waals surface area contributed by atoms with Gasteiger partial charge in [0.1, 0.15) is 5.75 Å². The van der Waals surface area contributed by atoms with Gasteiger partial charge in [-0.05, 0) is 60.5 Å². The van der Waals surface area contributed by atoms with Crippen LogP contribution in [0.4, 0.5) is 5.69 Å². The Balaban J connectivity index is 1.67. The minimum atomic E-state index is -0.706. The Hall–Kier alpha value is -4.34. The van der Waals surface area contributed by atoms with Crippen LogP contribution >= 0.6 is 22.9 Å². The van der Waals surface area contributed by atoms with E-state index in [1.165, 1.54) is 25.6 Å². The third kappa shape index (κ3) is 5.13. The standard InChI is InChI=1S/C30H26ClN3O5S/c1-17-25(28(35)33-20-8-6-5-7-9-20)26(19-10-12-21(37-2)13-11-19)34-29(36)24(40-30(34)32-17)16-18-14-22(31)27(39-4)23(15-18)38-3/h5-16,26H,1-4H3,(H,33,35)/b24-16-/t26-/m0/s1. The van der Waals surface area contributed by atoms with Crippen molar-refractivity contribution in [1.29, 1.82) is 0 Å². The minimum absolute atomic E-state index is 0.284. The zero-order valence-corrected chi connectivity index (χ0v) is 23.8. The lowest BCUT2D eigenvalue weighted by Crippen LogP contribution is -2.40. The maximum absolute atomic E-state index is 13.9. The number of hydrogen-bond donors (Lipinski definition) is 1. The number of aromatic nitrogens is 1. The number of carbonyl (C=O) groups excluding carboxylic acids is 1. The van der Waals surface area contributed by atoms with Gasteiger partial charge in [0.15, 0.2) is 16.3 Å². The summed E-state index contributed by atoms with van der Waals surface area (Å²) < 4.78 is 18.1. The number of anilines is 1. The van der Waals surface area contributed by atoms with Crippen LogP contribution in [0.5, 0.6) is 17.2 Å². The maximum atomic E-state index is 13.9. The number of benzene rings is 3. The number of hydrogen-bond acceptors (Lipinski definition) is 7. The summed E-state index contributed by atoms with van der Waals surface area (Å²) >= 11 is 7.64. The van der Waals surface area contributed by atoms with Gasteiger partial charge in [-0.15, -0.1) is 0 Å². The van der Waals surface area contributed by atoms with E-state index >= 15 is 0 Å². The van der Waals surface area contributed by atoms with Crippen molar-refractivity contribution in [1.82, 2.24) is 4.57 Å². The summed E-state index contributed by atoms with van der Waals surface area (Å²) in [6.45, 7) is 1.78. The highest BCUT2D eigenvalue weighted by atomic mass is 35.5. The fourth-order valence-electron chi connectivity index (χ4n) is 4.61. The molecule has 2 heterocycles. The molecular formula is C30H26ClN3O5S. The van der Waals surface area contributed by atoms with Gasteiger partial charge in [-0.3, -0.25) is 14.2 Å². The van der Waals surface area contributed by atoms with Gasteiger partial charge in [0, 0.05) is 5.69 Å². The van der Waals surface area contributed by atoms with E-state index in [4.69, 9.17) is 25.8 Å². The molecule has 5 rings (SSSR count). The number of ether oxygens (including phenoxy) is 3. The van der Waals surface area contributed by atoms with E-state index in [-0.39, 0.29) is 11.5 Å². The molecule has 3 aromatic carbocycles. The molecule has 40 heavy (non-hydrogen) atoms. The molecular weight excluding hydrogens is 550 g/mol. The predicted octanol–water partition coefficient (Wildman–Crippen LogP) is 4.55. The van der Waals surface area contributed by atoms with Gasteiger partial charge in [-0.1, -0.05) is 53.3 Å². The summed E-state index contributed by atoms with van der Waals surface area (Å²) in [4.78, 5) is 32.8. The Kier molecular flexibility index (Phi) is 7.77. The third-order valence-corrected chi connectivity index (χ3v) is 7.75. The zero-order valence-electron chi connectivity index (χ0n) is 22.2. The number of para-hydroxylation sites is 1. The van der Waals surface area contributed by atoms with E-state index in [0.717, 1.165) is 5.56 Å². The van der Waals surface area contributed by atoms with Crippen molar-refractivity contribution in [2.24, 2.45) is 4.99 Å². The first-order valence-corrected chi connectivity index (χ1v) is 13.5. The number of methoxy groups -OCH3 is 3. The molecule has 1 N–H and O–H groups in total. The predicted molar refractivity (Wildman–Crippen MR) is 156 cm³/mol. The molecule has 0 saturated carbocycles. The summed E-state index contributed by atoms with van der Waals surface area (Å²) in [5.74, 6) is 1.18. The number of amides is 1. The van der Waals surface area contributed by atoms with Crippen LogP contribution < -0.4 is 34.4 Å². The lowest BCUT2D eigenvalue weighted by atomic mass is 9.95. The average Bonchev–Trinajstić information content (AvgIpc) is 3.26. The molecule has 1 amide bonds. The van der Waals surface area contributed by atoms with Crippen molar-refractivity contribution in [2.45, 2.75) is 13.0 Å². The van der Waals surface area contributed by atoms with Crippen molar-refractivity contribution in [2.75, 3.05) is 26.6 Å². The number of thiazole rings is 1. The lowest BCUT2D eigenvalue weighted by molar-refractivity contribution is -0.113. The molecule has 1 atom stereocenters. The van der Waals surface area contributed by atoms with E-state index in [1.807, 2.05) is 30.3 Å². The van der Waals surface area contributed by atoms with Crippen LogP contribution in [0.15, 0.2) is 87.8 Å². The molecule has 10 heteroatoms. The number of carbonyl (C=O) groups is 1. The van der Waals surface area contributed by atoms with E-state index in [1.54, 1.807) is 61.1 Å². The number of nitrogens with one attached hydrogen (secondary N) is 1. The van der Waals surface area contributed by atoms with E-state index < -0.39 is 6.04 Å². The fourth-order valence-corrected chi connectivity index (χ4v) is 5.95. The lowest BCUT2D eigenvalue weighted by Gasteiger charge is -2.25. The van der Waals surface area contributed by atoms with E-state index in [2.05, 4.69) is 10.3 Å². The van der Waals surface area contributed by atoms with Crippen molar-refractivity contribution < 1.29 is 19.0 Å². The summed E-state index contributed by atoms with van der Waals surface area (Å²) in [5, 5.41) is 3.30. The van der Waals surface area contributed by atoms with Crippen molar-refractivity contribution in [3.05, 3.63) is 114 Å². The first kappa shape index (κ1) is 27.2. The number of rotatable bonds is 7. The summed E-state index contributed by atoms with van der Waals surface area (Å²) in [6.07, 6.45) is 1.73. The molecule has 0 fully saturated rings.